The molecular formula is C23H27N3O. The molecule has 0 saturated carbocycles. The van der Waals surface area contributed by atoms with Crippen LogP contribution in [0, 0.1) is 0 Å². The van der Waals surface area contributed by atoms with E-state index in [4.69, 9.17) is 0 Å². The summed E-state index contributed by atoms with van der Waals surface area (Å²) in [5.74, 6) is 0.0187. The van der Waals surface area contributed by atoms with Crippen molar-refractivity contribution in [3.8, 4) is 0 Å². The van der Waals surface area contributed by atoms with Crippen molar-refractivity contribution < 1.29 is 4.79 Å². The Labute approximate surface area is 161 Å². The summed E-state index contributed by atoms with van der Waals surface area (Å²) in [7, 11) is 4.08. The van der Waals surface area contributed by atoms with Crippen LogP contribution >= 0.6 is 0 Å². The molecule has 27 heavy (non-hydrogen) atoms. The number of rotatable bonds is 7. The molecule has 3 aromatic rings. The summed E-state index contributed by atoms with van der Waals surface area (Å²) in [6, 6.07) is 18.7. The highest BCUT2D eigenvalue weighted by atomic mass is 16.1. The summed E-state index contributed by atoms with van der Waals surface area (Å²) < 4.78 is 0. The number of hydrogen-bond acceptors (Lipinski definition) is 3. The Morgan fingerprint density at radius 2 is 1.81 bits per heavy atom. The molecule has 1 aromatic heterocycles. The predicted octanol–water partition coefficient (Wildman–Crippen LogP) is 3.76. The van der Waals surface area contributed by atoms with Gasteiger partial charge in [0.2, 0.25) is 5.91 Å². The fraction of sp³-hybridized carbons (Fsp3) is 0.304. The molecule has 1 amide bonds. The van der Waals surface area contributed by atoms with Crippen molar-refractivity contribution in [2.75, 3.05) is 20.6 Å². The maximum absolute atomic E-state index is 12.6. The third kappa shape index (κ3) is 4.72. The lowest BCUT2D eigenvalue weighted by atomic mass is 10.0. The molecule has 1 atom stereocenters. The Morgan fingerprint density at radius 3 is 2.52 bits per heavy atom. The van der Waals surface area contributed by atoms with Crippen LogP contribution in [0.25, 0.3) is 10.9 Å². The molecule has 4 heteroatoms. The number of hydrogen-bond donors (Lipinski definition) is 1. The lowest BCUT2D eigenvalue weighted by Gasteiger charge is -2.25. The van der Waals surface area contributed by atoms with Crippen LogP contribution in [0.3, 0.4) is 0 Å². The zero-order chi connectivity index (χ0) is 19.2. The average Bonchev–Trinajstić information content (AvgIpc) is 2.68. The lowest BCUT2D eigenvalue weighted by molar-refractivity contribution is -0.120. The van der Waals surface area contributed by atoms with Gasteiger partial charge in [0.15, 0.2) is 0 Å². The topological polar surface area (TPSA) is 45.2 Å². The van der Waals surface area contributed by atoms with Gasteiger partial charge in [0.25, 0.3) is 0 Å². The first-order valence-corrected chi connectivity index (χ1v) is 9.43. The van der Waals surface area contributed by atoms with Crippen LogP contribution in [-0.2, 0) is 17.6 Å². The van der Waals surface area contributed by atoms with Crippen molar-refractivity contribution in [1.82, 2.24) is 15.2 Å². The van der Waals surface area contributed by atoms with E-state index in [-0.39, 0.29) is 11.9 Å². The molecule has 2 aromatic carbocycles. The quantitative estimate of drug-likeness (QED) is 0.697. The van der Waals surface area contributed by atoms with Crippen molar-refractivity contribution in [3.63, 3.8) is 0 Å². The molecule has 0 radical (unpaired) electrons. The first-order chi connectivity index (χ1) is 13.1. The number of pyridine rings is 1. The van der Waals surface area contributed by atoms with E-state index in [2.05, 4.69) is 46.4 Å². The highest BCUT2D eigenvalue weighted by Crippen LogP contribution is 2.19. The van der Waals surface area contributed by atoms with E-state index >= 15 is 0 Å². The maximum Gasteiger partial charge on any atom is 0.224 e. The number of nitrogens with one attached hydrogen (secondary N) is 1. The molecule has 0 fully saturated rings. The Kier molecular flexibility index (Phi) is 6.20. The van der Waals surface area contributed by atoms with Crippen LogP contribution in [0.2, 0.25) is 0 Å². The van der Waals surface area contributed by atoms with Gasteiger partial charge in [-0.25, -0.2) is 0 Å². The Balaban J connectivity index is 1.67. The largest absolute Gasteiger partial charge is 0.354 e. The first kappa shape index (κ1) is 19.1. The number of para-hydroxylation sites is 1. The molecule has 140 valence electrons. The number of amides is 1. The van der Waals surface area contributed by atoms with Gasteiger partial charge in [-0.05, 0) is 43.3 Å². The van der Waals surface area contributed by atoms with E-state index in [0.29, 0.717) is 13.0 Å². The van der Waals surface area contributed by atoms with E-state index in [1.54, 1.807) is 6.20 Å². The molecule has 0 aliphatic carbocycles. The molecule has 1 unspecified atom stereocenters. The molecule has 0 aliphatic rings. The van der Waals surface area contributed by atoms with E-state index in [1.165, 1.54) is 11.1 Å². The van der Waals surface area contributed by atoms with Crippen LogP contribution in [0.5, 0.6) is 0 Å². The van der Waals surface area contributed by atoms with Crippen molar-refractivity contribution in [3.05, 3.63) is 77.5 Å². The van der Waals surface area contributed by atoms with Gasteiger partial charge in [-0.1, -0.05) is 55.5 Å². The number of fused-ring (bicyclic) bond motifs is 1. The van der Waals surface area contributed by atoms with E-state index in [0.717, 1.165) is 22.9 Å². The van der Waals surface area contributed by atoms with Crippen molar-refractivity contribution >= 4 is 16.8 Å². The van der Waals surface area contributed by atoms with Gasteiger partial charge in [-0.15, -0.1) is 0 Å². The molecule has 0 spiro atoms. The second kappa shape index (κ2) is 8.78. The van der Waals surface area contributed by atoms with Gasteiger partial charge in [0.1, 0.15) is 0 Å². The third-order valence-electron chi connectivity index (χ3n) is 4.96. The van der Waals surface area contributed by atoms with Gasteiger partial charge in [-0.2, -0.15) is 0 Å². The molecule has 1 heterocycles. The summed E-state index contributed by atoms with van der Waals surface area (Å²) in [4.78, 5) is 19.1. The zero-order valence-corrected chi connectivity index (χ0v) is 16.3. The van der Waals surface area contributed by atoms with Crippen molar-refractivity contribution in [2.24, 2.45) is 0 Å². The van der Waals surface area contributed by atoms with E-state index < -0.39 is 0 Å². The zero-order valence-electron chi connectivity index (χ0n) is 16.3. The fourth-order valence-corrected chi connectivity index (χ4v) is 3.33. The SMILES string of the molecule is CCc1ccc(C(CNC(=O)Cc2cccc3cccnc23)N(C)C)cc1. The van der Waals surface area contributed by atoms with Gasteiger partial charge in [0, 0.05) is 18.1 Å². The van der Waals surface area contributed by atoms with Gasteiger partial charge >= 0.3 is 0 Å². The molecular weight excluding hydrogens is 334 g/mol. The maximum atomic E-state index is 12.6. The van der Waals surface area contributed by atoms with Crippen LogP contribution in [0.1, 0.15) is 29.7 Å². The minimum atomic E-state index is 0.0187. The number of nitrogens with zero attached hydrogens (tertiary/aromatic N) is 2. The summed E-state index contributed by atoms with van der Waals surface area (Å²) in [5, 5.41) is 4.16. The van der Waals surface area contributed by atoms with E-state index in [1.807, 2.05) is 44.4 Å². The Hall–Kier alpha value is -2.72. The Bertz CT molecular complexity index is 898. The summed E-state index contributed by atoms with van der Waals surface area (Å²) >= 11 is 0. The second-order valence-corrected chi connectivity index (χ2v) is 7.05. The molecule has 4 nitrogen and oxygen atoms in total. The van der Waals surface area contributed by atoms with Gasteiger partial charge < -0.3 is 10.2 Å². The third-order valence-corrected chi connectivity index (χ3v) is 4.96. The normalized spacial score (nSPS) is 12.3. The Morgan fingerprint density at radius 1 is 1.07 bits per heavy atom. The van der Waals surface area contributed by atoms with Crippen molar-refractivity contribution in [1.29, 1.82) is 0 Å². The summed E-state index contributed by atoms with van der Waals surface area (Å²) in [5.41, 5.74) is 4.39. The predicted molar refractivity (Wildman–Crippen MR) is 111 cm³/mol. The standard InChI is InChI=1S/C23H27N3O/c1-4-17-10-12-18(13-11-17)21(26(2)3)16-25-22(27)15-20-8-5-7-19-9-6-14-24-23(19)20/h5-14,21H,4,15-16H2,1-3H3,(H,25,27). The number of carbonyl (C=O) groups is 1. The number of benzene rings is 2. The smallest absolute Gasteiger partial charge is 0.224 e. The van der Waals surface area contributed by atoms with Gasteiger partial charge in [-0.3, -0.25) is 9.78 Å². The van der Waals surface area contributed by atoms with Crippen LogP contribution < -0.4 is 5.32 Å². The average molecular weight is 361 g/mol. The number of aryl methyl sites for hydroxylation is 1. The molecule has 3 rings (SSSR count). The highest BCUT2D eigenvalue weighted by molar-refractivity contribution is 5.87. The number of likely N-dealkylation sites (N-methyl/N-ethyl adjacent to an activating group) is 1. The van der Waals surface area contributed by atoms with Crippen LogP contribution in [0.4, 0.5) is 0 Å². The van der Waals surface area contributed by atoms with Gasteiger partial charge in [0.05, 0.1) is 18.0 Å². The van der Waals surface area contributed by atoms with Crippen molar-refractivity contribution in [2.45, 2.75) is 25.8 Å². The molecule has 0 saturated heterocycles. The van der Waals surface area contributed by atoms with E-state index in [9.17, 15) is 4.79 Å². The first-order valence-electron chi connectivity index (χ1n) is 9.43. The number of carbonyl (C=O) groups excluding carboxylic acids is 1. The fourth-order valence-electron chi connectivity index (χ4n) is 3.33. The number of aromatic nitrogens is 1. The second-order valence-electron chi connectivity index (χ2n) is 7.05. The minimum absolute atomic E-state index is 0.0187. The van der Waals surface area contributed by atoms with Crippen LogP contribution in [0.15, 0.2) is 60.8 Å². The molecule has 0 aliphatic heterocycles. The lowest BCUT2D eigenvalue weighted by Crippen LogP contribution is -2.35. The highest BCUT2D eigenvalue weighted by Gasteiger charge is 2.16. The summed E-state index contributed by atoms with van der Waals surface area (Å²) in [6.07, 6.45) is 3.14. The molecule has 1 N–H and O–H groups in total. The summed E-state index contributed by atoms with van der Waals surface area (Å²) in [6.45, 7) is 2.73. The minimum Gasteiger partial charge on any atom is -0.354 e. The monoisotopic (exact) mass is 361 g/mol. The van der Waals surface area contributed by atoms with Crippen LogP contribution in [-0.4, -0.2) is 36.4 Å². The molecule has 0 bridgehead atoms.